The number of ether oxygens (including phenoxy) is 1. The second-order valence-corrected chi connectivity index (χ2v) is 6.27. The van der Waals surface area contributed by atoms with Crippen LogP contribution in [0, 0.1) is 0 Å². The monoisotopic (exact) mass is 295 g/mol. The van der Waals surface area contributed by atoms with Crippen molar-refractivity contribution >= 4 is 17.7 Å². The number of rotatable bonds is 1. The number of amides is 1. The van der Waals surface area contributed by atoms with Gasteiger partial charge in [0.1, 0.15) is 5.56 Å². The number of thioether (sulfide) groups is 1. The minimum absolute atomic E-state index is 0.00385. The molecule has 0 aliphatic carbocycles. The van der Waals surface area contributed by atoms with Gasteiger partial charge in [0, 0.05) is 25.0 Å². The molecule has 0 saturated carbocycles. The average molecular weight is 295 g/mol. The summed E-state index contributed by atoms with van der Waals surface area (Å²) in [7, 11) is 0. The predicted octanol–water partition coefficient (Wildman–Crippen LogP) is 0.598. The molecule has 1 amide bonds. The van der Waals surface area contributed by atoms with Crippen molar-refractivity contribution in [1.82, 2.24) is 14.5 Å². The summed E-state index contributed by atoms with van der Waals surface area (Å²) in [6.45, 7) is 5.50. The van der Waals surface area contributed by atoms with Gasteiger partial charge in [-0.2, -0.15) is 0 Å². The first-order chi connectivity index (χ1) is 9.58. The van der Waals surface area contributed by atoms with Crippen LogP contribution in [0.15, 0.2) is 16.1 Å². The first-order valence-electron chi connectivity index (χ1n) is 6.73. The summed E-state index contributed by atoms with van der Waals surface area (Å²) < 4.78 is 7.10. The largest absolute Gasteiger partial charge is 0.375 e. The van der Waals surface area contributed by atoms with E-state index in [2.05, 4.69) is 4.98 Å². The number of hydrogen-bond donors (Lipinski definition) is 0. The Hall–Kier alpha value is -1.34. The fraction of sp³-hybridized carbons (Fsp3) is 0.615. The van der Waals surface area contributed by atoms with Gasteiger partial charge in [0.15, 0.2) is 5.16 Å². The first-order valence-corrected chi connectivity index (χ1v) is 7.71. The highest BCUT2D eigenvalue weighted by Gasteiger charge is 2.30. The van der Waals surface area contributed by atoms with E-state index >= 15 is 0 Å². The number of carbonyl (C=O) groups is 1. The summed E-state index contributed by atoms with van der Waals surface area (Å²) in [5, 5.41) is 0.704. The van der Waals surface area contributed by atoms with Gasteiger partial charge in [-0.15, -0.1) is 0 Å². The van der Waals surface area contributed by atoms with Gasteiger partial charge in [-0.25, -0.2) is 4.98 Å². The molecule has 0 aromatic carbocycles. The average Bonchev–Trinajstić information content (AvgIpc) is 2.90. The molecule has 7 heteroatoms. The van der Waals surface area contributed by atoms with Crippen LogP contribution in [-0.2, 0) is 11.3 Å². The molecule has 0 bridgehead atoms. The van der Waals surface area contributed by atoms with E-state index in [1.54, 1.807) is 21.2 Å². The van der Waals surface area contributed by atoms with Crippen molar-refractivity contribution in [2.45, 2.75) is 37.7 Å². The normalized spacial score (nSPS) is 25.6. The topological polar surface area (TPSA) is 64.4 Å². The lowest BCUT2D eigenvalue weighted by molar-refractivity contribution is -0.0388. The summed E-state index contributed by atoms with van der Waals surface area (Å²) in [5.41, 5.74) is -0.0615. The lowest BCUT2D eigenvalue weighted by atomic mass is 10.1. The number of aromatic nitrogens is 2. The Morgan fingerprint density at radius 1 is 1.50 bits per heavy atom. The van der Waals surface area contributed by atoms with Crippen LogP contribution < -0.4 is 5.56 Å². The van der Waals surface area contributed by atoms with E-state index in [1.807, 2.05) is 13.8 Å². The zero-order chi connectivity index (χ0) is 14.3. The van der Waals surface area contributed by atoms with Crippen molar-refractivity contribution in [1.29, 1.82) is 0 Å². The fourth-order valence-corrected chi connectivity index (χ4v) is 3.42. The molecule has 1 aromatic rings. The van der Waals surface area contributed by atoms with E-state index in [4.69, 9.17) is 4.74 Å². The van der Waals surface area contributed by atoms with Crippen LogP contribution in [0.1, 0.15) is 24.2 Å². The number of carbonyl (C=O) groups excluding carboxylic acids is 1. The highest BCUT2D eigenvalue weighted by molar-refractivity contribution is 7.99. The Morgan fingerprint density at radius 2 is 2.30 bits per heavy atom. The van der Waals surface area contributed by atoms with Gasteiger partial charge < -0.3 is 9.64 Å². The molecule has 2 atom stereocenters. The van der Waals surface area contributed by atoms with Crippen LogP contribution in [0.3, 0.4) is 0 Å². The molecule has 1 aromatic heterocycles. The third-order valence-electron chi connectivity index (χ3n) is 3.66. The smallest absolute Gasteiger partial charge is 0.267 e. The van der Waals surface area contributed by atoms with Crippen molar-refractivity contribution in [3.8, 4) is 0 Å². The zero-order valence-corrected chi connectivity index (χ0v) is 12.4. The molecule has 2 aliphatic rings. The van der Waals surface area contributed by atoms with Gasteiger partial charge in [0.2, 0.25) is 0 Å². The quantitative estimate of drug-likeness (QED) is 0.710. The molecule has 0 radical (unpaired) electrons. The molecule has 3 heterocycles. The maximum Gasteiger partial charge on any atom is 0.267 e. The molecule has 6 nitrogen and oxygen atoms in total. The minimum atomic E-state index is -0.239. The van der Waals surface area contributed by atoms with Crippen LogP contribution in [0.2, 0.25) is 0 Å². The number of fused-ring (bicyclic) bond motifs is 1. The van der Waals surface area contributed by atoms with Crippen LogP contribution in [-0.4, -0.2) is 51.4 Å². The van der Waals surface area contributed by atoms with Gasteiger partial charge >= 0.3 is 0 Å². The van der Waals surface area contributed by atoms with Crippen LogP contribution in [0.25, 0.3) is 0 Å². The summed E-state index contributed by atoms with van der Waals surface area (Å²) in [6, 6.07) is -0.0225. The van der Waals surface area contributed by atoms with Crippen LogP contribution >= 0.6 is 11.8 Å². The van der Waals surface area contributed by atoms with Crippen molar-refractivity contribution in [2.24, 2.45) is 0 Å². The molecule has 3 rings (SSSR count). The fourth-order valence-electron chi connectivity index (χ4n) is 2.51. The molecule has 2 aliphatic heterocycles. The van der Waals surface area contributed by atoms with Crippen molar-refractivity contribution < 1.29 is 9.53 Å². The summed E-state index contributed by atoms with van der Waals surface area (Å²) in [6.07, 6.45) is 1.41. The molecule has 0 spiro atoms. The number of nitrogens with zero attached hydrogens (tertiary/aromatic N) is 3. The minimum Gasteiger partial charge on any atom is -0.375 e. The third-order valence-corrected chi connectivity index (χ3v) is 4.63. The maximum absolute atomic E-state index is 12.6. The van der Waals surface area contributed by atoms with Gasteiger partial charge in [-0.3, -0.25) is 14.2 Å². The van der Waals surface area contributed by atoms with Crippen molar-refractivity contribution in [2.75, 3.05) is 18.9 Å². The van der Waals surface area contributed by atoms with Gasteiger partial charge in [-0.1, -0.05) is 11.8 Å². The molecule has 0 unspecified atom stereocenters. The summed E-state index contributed by atoms with van der Waals surface area (Å²) in [5.74, 6) is 0.600. The van der Waals surface area contributed by atoms with E-state index in [1.165, 1.54) is 6.20 Å². The highest BCUT2D eigenvalue weighted by Crippen LogP contribution is 2.21. The Kier molecular flexibility index (Phi) is 3.55. The van der Waals surface area contributed by atoms with Crippen molar-refractivity contribution in [3.05, 3.63) is 22.1 Å². The highest BCUT2D eigenvalue weighted by atomic mass is 32.2. The van der Waals surface area contributed by atoms with Gasteiger partial charge in [0.25, 0.3) is 11.5 Å². The van der Waals surface area contributed by atoms with E-state index in [0.29, 0.717) is 24.9 Å². The SMILES string of the molecule is C[C@H]1CN(C(=O)c2cnc3n(c2=O)CCS3)[C@@H](C)CO1. The predicted molar refractivity (Wildman–Crippen MR) is 75.1 cm³/mol. The Bertz CT molecular complexity index is 601. The van der Waals surface area contributed by atoms with Crippen LogP contribution in [0.4, 0.5) is 0 Å². The van der Waals surface area contributed by atoms with E-state index in [9.17, 15) is 9.59 Å². The summed E-state index contributed by atoms with van der Waals surface area (Å²) in [4.78, 5) is 30.9. The Morgan fingerprint density at radius 3 is 3.10 bits per heavy atom. The van der Waals surface area contributed by atoms with E-state index in [0.717, 1.165) is 5.75 Å². The van der Waals surface area contributed by atoms with Gasteiger partial charge in [-0.05, 0) is 13.8 Å². The molecule has 20 heavy (non-hydrogen) atoms. The standard InChI is InChI=1S/C13H17N3O3S/c1-8-7-19-9(2)6-16(8)12(18)10-5-14-13-15(11(10)17)3-4-20-13/h5,8-9H,3-4,6-7H2,1-2H3/t8-,9-/m0/s1. The summed E-state index contributed by atoms with van der Waals surface area (Å²) >= 11 is 1.55. The Labute approximate surface area is 121 Å². The molecular weight excluding hydrogens is 278 g/mol. The van der Waals surface area contributed by atoms with Crippen molar-refractivity contribution in [3.63, 3.8) is 0 Å². The third kappa shape index (κ3) is 2.25. The molecule has 1 fully saturated rings. The molecule has 0 N–H and O–H groups in total. The second kappa shape index (κ2) is 5.21. The second-order valence-electron chi connectivity index (χ2n) is 5.21. The lowest BCUT2D eigenvalue weighted by Crippen LogP contribution is -2.51. The molecular formula is C13H17N3O3S. The van der Waals surface area contributed by atoms with E-state index in [-0.39, 0.29) is 29.2 Å². The zero-order valence-electron chi connectivity index (χ0n) is 11.5. The maximum atomic E-state index is 12.6. The number of morpholine rings is 1. The van der Waals surface area contributed by atoms with Gasteiger partial charge in [0.05, 0.1) is 18.8 Å². The van der Waals surface area contributed by atoms with Crippen LogP contribution in [0.5, 0.6) is 0 Å². The Balaban J connectivity index is 1.93. The molecule has 108 valence electrons. The first kappa shape index (κ1) is 13.6. The number of hydrogen-bond acceptors (Lipinski definition) is 5. The lowest BCUT2D eigenvalue weighted by Gasteiger charge is -2.36. The molecule has 1 saturated heterocycles. The van der Waals surface area contributed by atoms with E-state index < -0.39 is 0 Å².